The van der Waals surface area contributed by atoms with Gasteiger partial charge in [-0.15, -0.1) is 8.78 Å². The van der Waals surface area contributed by atoms with Crippen LogP contribution in [0.4, 0.5) is 22.7 Å². The van der Waals surface area contributed by atoms with Gasteiger partial charge in [0.05, 0.1) is 22.8 Å². The first kappa shape index (κ1) is 31.8. The Morgan fingerprint density at radius 2 is 1.88 bits per heavy atom. The number of alkyl halides is 4. The molecule has 1 atom stereocenters. The molecule has 41 heavy (non-hydrogen) atoms. The number of nitrogens with one attached hydrogen (secondary N) is 2. The molecule has 0 aliphatic carbocycles. The molecule has 3 aromatic rings. The summed E-state index contributed by atoms with van der Waals surface area (Å²) in [5, 5.41) is 12.9. The van der Waals surface area contributed by atoms with E-state index in [4.69, 9.17) is 14.7 Å². The Kier molecular flexibility index (Phi) is 10.6. The van der Waals surface area contributed by atoms with Crippen LogP contribution in [0.25, 0.3) is 10.2 Å². The number of ether oxygens (including phenoxy) is 2. The van der Waals surface area contributed by atoms with Crippen LogP contribution < -0.4 is 29.7 Å². The molecule has 1 amide bonds. The number of likely N-dealkylation sites (tertiary alicyclic amines) is 1. The molecule has 0 saturated carbocycles. The van der Waals surface area contributed by atoms with E-state index in [9.17, 15) is 22.4 Å². The third-order valence-electron chi connectivity index (χ3n) is 6.06. The average Bonchev–Trinajstić information content (AvgIpc) is 3.44. The van der Waals surface area contributed by atoms with Crippen molar-refractivity contribution < 1.29 is 51.3 Å². The number of carbonyl (C=O) groups is 2. The number of anilines is 1. The standard InChI is InChI=1S/C16H15F4N3O3S.C8H13N2O.CH2O2/c1-8(23-4-2-15(17,18)3-5-23)13(24)22-14-21-9-6-10-11(7-12(9)27-14)26-16(19,20)25-10;1-9-7-8-5-3-4-6-10(8)11-2;2-1-3/h6-8H,2-5H2,1H3,(H,21,22,24);3-6,9H,7H2,1-2H3;1H,(H,2,3)/q;+1;. The van der Waals surface area contributed by atoms with Gasteiger partial charge in [0.25, 0.3) is 12.4 Å². The van der Waals surface area contributed by atoms with Gasteiger partial charge in [0.1, 0.15) is 7.11 Å². The molecule has 2 aliphatic rings. The van der Waals surface area contributed by atoms with E-state index in [-0.39, 0.29) is 54.9 Å². The number of halogens is 4. The van der Waals surface area contributed by atoms with Crippen LogP contribution in [-0.4, -0.2) is 72.9 Å². The van der Waals surface area contributed by atoms with Gasteiger partial charge in [-0.25, -0.2) is 13.8 Å². The predicted molar refractivity (Wildman–Crippen MR) is 140 cm³/mol. The number of carboxylic acid groups (broad SMARTS) is 1. The van der Waals surface area contributed by atoms with Crippen LogP contribution in [0.3, 0.4) is 0 Å². The number of carbonyl (C=O) groups excluding carboxylic acids is 1. The van der Waals surface area contributed by atoms with Crippen molar-refractivity contribution in [2.45, 2.75) is 44.6 Å². The van der Waals surface area contributed by atoms with Crippen LogP contribution in [0, 0.1) is 0 Å². The van der Waals surface area contributed by atoms with E-state index in [0.29, 0.717) is 10.2 Å². The molecule has 0 spiro atoms. The number of hydrogen-bond donors (Lipinski definition) is 3. The highest BCUT2D eigenvalue weighted by Gasteiger charge is 2.44. The fourth-order valence-electron chi connectivity index (χ4n) is 4.00. The first-order valence-electron chi connectivity index (χ1n) is 12.3. The molecule has 3 N–H and O–H groups in total. The van der Waals surface area contributed by atoms with Gasteiger partial charge in [-0.2, -0.15) is 0 Å². The smallest absolute Gasteiger partial charge is 0.483 e. The summed E-state index contributed by atoms with van der Waals surface area (Å²) in [5.41, 5.74) is 1.48. The van der Waals surface area contributed by atoms with Crippen molar-refractivity contribution in [2.75, 3.05) is 32.6 Å². The summed E-state index contributed by atoms with van der Waals surface area (Å²) in [7, 11) is 3.56. The zero-order chi connectivity index (χ0) is 30.2. The lowest BCUT2D eigenvalue weighted by Gasteiger charge is -2.34. The number of thiazole rings is 1. The summed E-state index contributed by atoms with van der Waals surface area (Å²) in [4.78, 5) is 31.7. The number of piperidine rings is 1. The van der Waals surface area contributed by atoms with E-state index in [1.807, 2.05) is 31.4 Å². The van der Waals surface area contributed by atoms with Gasteiger partial charge in [-0.05, 0) is 20.0 Å². The Hall–Kier alpha value is -3.76. The maximum absolute atomic E-state index is 13.3. The van der Waals surface area contributed by atoms with E-state index < -0.39 is 18.3 Å². The molecule has 224 valence electrons. The van der Waals surface area contributed by atoms with E-state index >= 15 is 0 Å². The SMILES string of the molecule is CC(C(=O)Nc1nc2cc3c(cc2s1)OC(F)(F)O3)N1CCC(F)(F)CC1.CNCc1cccc[n+]1OC.O=CO. The molecule has 4 heterocycles. The van der Waals surface area contributed by atoms with Crippen LogP contribution in [0.2, 0.25) is 0 Å². The normalized spacial score (nSPS) is 17.3. The van der Waals surface area contributed by atoms with Gasteiger partial charge >= 0.3 is 6.29 Å². The maximum atomic E-state index is 13.3. The number of pyridine rings is 1. The fourth-order valence-corrected chi connectivity index (χ4v) is 4.88. The summed E-state index contributed by atoms with van der Waals surface area (Å²) >= 11 is 1.09. The van der Waals surface area contributed by atoms with Crippen LogP contribution in [0.15, 0.2) is 36.5 Å². The van der Waals surface area contributed by atoms with Gasteiger partial charge in [-0.3, -0.25) is 19.3 Å². The molecular weight excluding hydrogens is 574 g/mol. The lowest BCUT2D eigenvalue weighted by atomic mass is 10.1. The second kappa shape index (κ2) is 13.7. The second-order valence-electron chi connectivity index (χ2n) is 8.85. The van der Waals surface area contributed by atoms with Crippen molar-refractivity contribution in [2.24, 2.45) is 0 Å². The highest BCUT2D eigenvalue weighted by Crippen LogP contribution is 2.44. The van der Waals surface area contributed by atoms with Gasteiger partial charge < -0.3 is 25.2 Å². The number of aromatic nitrogens is 2. The summed E-state index contributed by atoms with van der Waals surface area (Å²) in [6, 6.07) is 8.02. The largest absolute Gasteiger partial charge is 0.586 e. The first-order chi connectivity index (χ1) is 19.4. The third kappa shape index (κ3) is 8.61. The van der Waals surface area contributed by atoms with E-state index in [1.165, 1.54) is 12.1 Å². The Morgan fingerprint density at radius 1 is 1.24 bits per heavy atom. The van der Waals surface area contributed by atoms with Crippen molar-refractivity contribution in [1.82, 2.24) is 15.2 Å². The minimum Gasteiger partial charge on any atom is -0.483 e. The van der Waals surface area contributed by atoms with Crippen LogP contribution >= 0.6 is 11.3 Å². The number of rotatable bonds is 6. The van der Waals surface area contributed by atoms with Crippen molar-refractivity contribution in [1.29, 1.82) is 0 Å². The van der Waals surface area contributed by atoms with Gasteiger partial charge in [0.2, 0.25) is 17.8 Å². The molecule has 1 saturated heterocycles. The predicted octanol–water partition coefficient (Wildman–Crippen LogP) is 3.13. The lowest BCUT2D eigenvalue weighted by Crippen LogP contribution is -2.48. The molecular formula is C25H30F4N5O6S+. The van der Waals surface area contributed by atoms with E-state index in [2.05, 4.69) is 25.1 Å². The number of fused-ring (bicyclic) bond motifs is 2. The number of nitrogens with zero attached hydrogens (tertiary/aromatic N) is 3. The second-order valence-corrected chi connectivity index (χ2v) is 9.88. The molecule has 2 aromatic heterocycles. The summed E-state index contributed by atoms with van der Waals surface area (Å²) < 4.78 is 63.7. The lowest BCUT2D eigenvalue weighted by molar-refractivity contribution is -0.890. The number of benzene rings is 1. The highest BCUT2D eigenvalue weighted by molar-refractivity contribution is 7.22. The molecule has 1 unspecified atom stereocenters. The number of hydrogen-bond acceptors (Lipinski definition) is 9. The minimum absolute atomic E-state index is 0.100. The molecule has 1 aromatic carbocycles. The Bertz CT molecular complexity index is 1290. The van der Waals surface area contributed by atoms with Gasteiger partial charge in [0.15, 0.2) is 16.6 Å². The van der Waals surface area contributed by atoms with E-state index in [0.717, 1.165) is 23.6 Å². The summed E-state index contributed by atoms with van der Waals surface area (Å²) in [6.07, 6.45) is -2.37. The van der Waals surface area contributed by atoms with Gasteiger partial charge in [-0.1, -0.05) is 11.3 Å². The third-order valence-corrected chi connectivity index (χ3v) is 6.99. The quantitative estimate of drug-likeness (QED) is 0.221. The summed E-state index contributed by atoms with van der Waals surface area (Å²) in [6.45, 7) is 2.48. The van der Waals surface area contributed by atoms with Crippen molar-refractivity contribution in [3.05, 3.63) is 42.2 Å². The van der Waals surface area contributed by atoms with Gasteiger partial charge in [0, 0.05) is 54.9 Å². The van der Waals surface area contributed by atoms with Crippen LogP contribution in [-0.2, 0) is 16.1 Å². The van der Waals surface area contributed by atoms with Crippen molar-refractivity contribution >= 4 is 39.1 Å². The number of amides is 1. The minimum atomic E-state index is -3.70. The topological polar surface area (TPSA) is 126 Å². The molecule has 5 rings (SSSR count). The van der Waals surface area contributed by atoms with Crippen LogP contribution in [0.5, 0.6) is 11.5 Å². The Balaban J connectivity index is 0.000000275. The molecule has 1 fully saturated rings. The van der Waals surface area contributed by atoms with Crippen molar-refractivity contribution in [3.8, 4) is 11.5 Å². The highest BCUT2D eigenvalue weighted by atomic mass is 32.1. The Morgan fingerprint density at radius 3 is 2.49 bits per heavy atom. The Labute approximate surface area is 236 Å². The molecule has 16 heteroatoms. The summed E-state index contributed by atoms with van der Waals surface area (Å²) in [5.74, 6) is -3.28. The first-order valence-corrected chi connectivity index (χ1v) is 13.1. The molecule has 11 nitrogen and oxygen atoms in total. The average molecular weight is 605 g/mol. The van der Waals surface area contributed by atoms with Crippen molar-refractivity contribution in [3.63, 3.8) is 0 Å². The monoisotopic (exact) mass is 604 g/mol. The maximum Gasteiger partial charge on any atom is 0.586 e. The molecule has 2 aliphatic heterocycles. The zero-order valence-electron chi connectivity index (χ0n) is 22.4. The van der Waals surface area contributed by atoms with Crippen LogP contribution in [0.1, 0.15) is 25.5 Å². The fraction of sp³-hybridized carbons (Fsp3) is 0.440. The zero-order valence-corrected chi connectivity index (χ0v) is 23.2. The molecule has 0 bridgehead atoms. The molecule has 0 radical (unpaired) electrons. The van der Waals surface area contributed by atoms with E-state index in [1.54, 1.807) is 23.7 Å².